The Labute approximate surface area is 156 Å². The number of fused-ring (bicyclic) bond motifs is 7. The molecule has 1 N–H and O–H groups in total. The molecular weight excluding hydrogens is 328 g/mol. The molecule has 0 amide bonds. The Balaban J connectivity index is 1.46. The van der Waals surface area contributed by atoms with Gasteiger partial charge in [-0.3, -0.25) is 9.59 Å². The largest absolute Gasteiger partial charge is 0.396 e. The summed E-state index contributed by atoms with van der Waals surface area (Å²) in [7, 11) is 0. The lowest BCUT2D eigenvalue weighted by Crippen LogP contribution is -2.58. The number of ketones is 2. The molecule has 0 spiro atoms. The molecule has 0 aromatic carbocycles. The monoisotopic (exact) mass is 360 g/mol. The van der Waals surface area contributed by atoms with E-state index < -0.39 is 5.41 Å². The van der Waals surface area contributed by atoms with Gasteiger partial charge in [-0.2, -0.15) is 0 Å². The van der Waals surface area contributed by atoms with Crippen molar-refractivity contribution >= 4 is 11.6 Å². The molecule has 0 radical (unpaired) electrons. The summed E-state index contributed by atoms with van der Waals surface area (Å²) in [5.41, 5.74) is -0.375. The number of Topliss-reactive ketones (excluding diaryl/α,β-unsaturated/α-hetero) is 2. The third-order valence-corrected chi connectivity index (χ3v) is 9.19. The van der Waals surface area contributed by atoms with E-state index in [2.05, 4.69) is 13.8 Å². The van der Waals surface area contributed by atoms with Gasteiger partial charge in [-0.1, -0.05) is 13.8 Å². The van der Waals surface area contributed by atoms with Crippen molar-refractivity contribution in [1.29, 1.82) is 0 Å². The van der Waals surface area contributed by atoms with Gasteiger partial charge in [0.15, 0.2) is 0 Å². The van der Waals surface area contributed by atoms with E-state index in [0.717, 1.165) is 38.5 Å². The molecule has 5 fully saturated rings. The number of carbonyl (C=O) groups is 2. The fourth-order valence-electron chi connectivity index (χ4n) is 7.95. The number of ether oxygens (including phenoxy) is 1. The van der Waals surface area contributed by atoms with Crippen LogP contribution in [0.1, 0.15) is 65.2 Å². The summed E-state index contributed by atoms with van der Waals surface area (Å²) in [6, 6.07) is 0. The summed E-state index contributed by atoms with van der Waals surface area (Å²) < 4.78 is 5.92. The first-order chi connectivity index (χ1) is 12.4. The van der Waals surface area contributed by atoms with Gasteiger partial charge < -0.3 is 9.84 Å². The van der Waals surface area contributed by atoms with E-state index in [-0.39, 0.29) is 23.9 Å². The highest BCUT2D eigenvalue weighted by molar-refractivity contribution is 5.96. The van der Waals surface area contributed by atoms with Crippen LogP contribution < -0.4 is 0 Å². The Morgan fingerprint density at radius 1 is 1.15 bits per heavy atom. The molecule has 1 heterocycles. The first-order valence-electron chi connectivity index (χ1n) is 10.7. The van der Waals surface area contributed by atoms with Crippen molar-refractivity contribution in [1.82, 2.24) is 0 Å². The Hall–Kier alpha value is -0.740. The minimum absolute atomic E-state index is 0.0525. The lowest BCUT2D eigenvalue weighted by Gasteiger charge is -2.57. The van der Waals surface area contributed by atoms with E-state index in [0.29, 0.717) is 54.4 Å². The normalized spacial score (nSPS) is 55.0. The molecule has 5 rings (SSSR count). The predicted octanol–water partition coefficient (Wildman–Crippen LogP) is 3.15. The maximum absolute atomic E-state index is 13.4. The first-order valence-corrected chi connectivity index (χ1v) is 10.7. The molecule has 1 aliphatic heterocycles. The SMILES string of the molecule is CC12CC(=O)C3C(CCC4C5OC5CCC43C)C1CC(CCCO)C2=O. The zero-order valence-electron chi connectivity index (χ0n) is 16.1. The lowest BCUT2D eigenvalue weighted by molar-refractivity contribution is -0.158. The highest BCUT2D eigenvalue weighted by Crippen LogP contribution is 2.67. The zero-order chi connectivity index (χ0) is 18.3. The topological polar surface area (TPSA) is 66.9 Å². The van der Waals surface area contributed by atoms with Crippen LogP contribution in [-0.2, 0) is 14.3 Å². The van der Waals surface area contributed by atoms with Crippen LogP contribution in [0, 0.1) is 40.4 Å². The number of carbonyl (C=O) groups excluding carboxylic acids is 2. The molecule has 0 bridgehead atoms. The van der Waals surface area contributed by atoms with Crippen LogP contribution in [-0.4, -0.2) is 35.5 Å². The minimum Gasteiger partial charge on any atom is -0.396 e. The van der Waals surface area contributed by atoms with Gasteiger partial charge in [-0.25, -0.2) is 0 Å². The third-order valence-electron chi connectivity index (χ3n) is 9.19. The molecule has 26 heavy (non-hydrogen) atoms. The van der Waals surface area contributed by atoms with Gasteiger partial charge in [-0.15, -0.1) is 0 Å². The second kappa shape index (κ2) is 5.64. The van der Waals surface area contributed by atoms with Crippen LogP contribution in [0.5, 0.6) is 0 Å². The smallest absolute Gasteiger partial charge is 0.142 e. The number of epoxide rings is 1. The maximum atomic E-state index is 13.4. The van der Waals surface area contributed by atoms with E-state index >= 15 is 0 Å². The first kappa shape index (κ1) is 17.4. The van der Waals surface area contributed by atoms with Crippen LogP contribution in [0.2, 0.25) is 0 Å². The summed E-state index contributed by atoms with van der Waals surface area (Å²) in [4.78, 5) is 26.5. The van der Waals surface area contributed by atoms with E-state index in [9.17, 15) is 14.7 Å². The van der Waals surface area contributed by atoms with Gasteiger partial charge in [0.25, 0.3) is 0 Å². The van der Waals surface area contributed by atoms with Crippen LogP contribution in [0.15, 0.2) is 0 Å². The standard InChI is InChI=1S/C22H32O4/c1-21-8-7-17-19(26-17)14(21)6-5-13-15-10-12(4-3-9-23)20(25)22(15,2)11-16(24)18(13)21/h12-15,17-19,23H,3-11H2,1-2H3. The highest BCUT2D eigenvalue weighted by Gasteiger charge is 2.68. The van der Waals surface area contributed by atoms with Gasteiger partial charge in [0.1, 0.15) is 11.6 Å². The second-order valence-corrected chi connectivity index (χ2v) is 10.3. The van der Waals surface area contributed by atoms with Gasteiger partial charge in [0, 0.05) is 30.3 Å². The number of aliphatic hydroxyl groups is 1. The average Bonchev–Trinajstić information content (AvgIpc) is 3.34. The number of rotatable bonds is 3. The van der Waals surface area contributed by atoms with Crippen molar-refractivity contribution < 1.29 is 19.4 Å². The van der Waals surface area contributed by atoms with E-state index in [1.54, 1.807) is 0 Å². The Morgan fingerprint density at radius 2 is 1.96 bits per heavy atom. The van der Waals surface area contributed by atoms with Crippen molar-refractivity contribution in [2.24, 2.45) is 40.4 Å². The van der Waals surface area contributed by atoms with Gasteiger partial charge in [0.2, 0.25) is 0 Å². The number of aliphatic hydroxyl groups excluding tert-OH is 1. The molecule has 0 aromatic heterocycles. The van der Waals surface area contributed by atoms with Crippen LogP contribution in [0.4, 0.5) is 0 Å². The molecular formula is C22H32O4. The molecule has 1 saturated heterocycles. The summed E-state index contributed by atoms with van der Waals surface area (Å²) in [6.07, 6.45) is 8.19. The second-order valence-electron chi connectivity index (χ2n) is 10.3. The van der Waals surface area contributed by atoms with Crippen LogP contribution >= 0.6 is 0 Å². The summed E-state index contributed by atoms with van der Waals surface area (Å²) in [6.45, 7) is 4.58. The molecule has 4 nitrogen and oxygen atoms in total. The summed E-state index contributed by atoms with van der Waals surface area (Å²) in [5, 5.41) is 9.18. The van der Waals surface area contributed by atoms with Crippen molar-refractivity contribution in [2.45, 2.75) is 77.4 Å². The lowest BCUT2D eigenvalue weighted by atomic mass is 9.45. The van der Waals surface area contributed by atoms with Crippen molar-refractivity contribution in [2.75, 3.05) is 6.61 Å². The maximum Gasteiger partial charge on any atom is 0.142 e. The molecule has 5 aliphatic rings. The minimum atomic E-state index is -0.450. The molecule has 4 heteroatoms. The van der Waals surface area contributed by atoms with E-state index in [4.69, 9.17) is 4.74 Å². The van der Waals surface area contributed by atoms with Crippen LogP contribution in [0.25, 0.3) is 0 Å². The molecule has 0 aromatic rings. The Morgan fingerprint density at radius 3 is 2.73 bits per heavy atom. The molecule has 4 aliphatic carbocycles. The van der Waals surface area contributed by atoms with Gasteiger partial charge in [0.05, 0.1) is 12.2 Å². The van der Waals surface area contributed by atoms with E-state index in [1.807, 2.05) is 0 Å². The Kier molecular flexibility index (Phi) is 3.76. The van der Waals surface area contributed by atoms with Crippen LogP contribution in [0.3, 0.4) is 0 Å². The number of hydrogen-bond donors (Lipinski definition) is 1. The van der Waals surface area contributed by atoms with Crippen molar-refractivity contribution in [3.63, 3.8) is 0 Å². The third kappa shape index (κ3) is 2.15. The average molecular weight is 360 g/mol. The zero-order valence-corrected chi connectivity index (χ0v) is 16.1. The predicted molar refractivity (Wildman–Crippen MR) is 96.4 cm³/mol. The molecule has 4 saturated carbocycles. The highest BCUT2D eigenvalue weighted by atomic mass is 16.6. The fourth-order valence-corrected chi connectivity index (χ4v) is 7.95. The fraction of sp³-hybridized carbons (Fsp3) is 0.909. The van der Waals surface area contributed by atoms with Gasteiger partial charge in [-0.05, 0) is 68.1 Å². The number of hydrogen-bond acceptors (Lipinski definition) is 4. The van der Waals surface area contributed by atoms with Crippen molar-refractivity contribution in [3.05, 3.63) is 0 Å². The van der Waals surface area contributed by atoms with E-state index in [1.165, 1.54) is 0 Å². The molecule has 144 valence electrons. The molecule has 9 atom stereocenters. The summed E-state index contributed by atoms with van der Waals surface area (Å²) in [5.74, 6) is 2.13. The summed E-state index contributed by atoms with van der Waals surface area (Å²) >= 11 is 0. The van der Waals surface area contributed by atoms with Gasteiger partial charge >= 0.3 is 0 Å². The Bertz CT molecular complexity index is 644. The molecule has 9 unspecified atom stereocenters. The van der Waals surface area contributed by atoms with Crippen molar-refractivity contribution in [3.8, 4) is 0 Å². The quantitative estimate of drug-likeness (QED) is 0.785.